The number of hydrogen-bond donors (Lipinski definition) is 0. The Balaban J connectivity index is 2.16. The normalized spacial score (nSPS) is 10.3. The molecular weight excluding hydrogens is 262 g/mol. The first-order valence-electron chi connectivity index (χ1n) is 6.03. The summed E-state index contributed by atoms with van der Waals surface area (Å²) in [7, 11) is 0. The molecule has 0 saturated heterocycles. The lowest BCUT2D eigenvalue weighted by molar-refractivity contribution is 0.0734. The predicted molar refractivity (Wildman–Crippen MR) is 74.8 cm³/mol. The average molecular weight is 276 g/mol. The molecular formula is C15H14ClNO2. The van der Waals surface area contributed by atoms with Gasteiger partial charge < -0.3 is 4.74 Å². The second-order valence-electron chi connectivity index (χ2n) is 4.20. The highest BCUT2D eigenvalue weighted by Crippen LogP contribution is 2.16. The van der Waals surface area contributed by atoms with Crippen LogP contribution in [0.2, 0.25) is 5.15 Å². The minimum Gasteiger partial charge on any atom is -0.421 e. The van der Waals surface area contributed by atoms with Crippen LogP contribution >= 0.6 is 11.6 Å². The number of rotatable bonds is 3. The number of pyridine rings is 1. The molecule has 2 aromatic rings. The summed E-state index contributed by atoms with van der Waals surface area (Å²) in [5.41, 5.74) is 2.85. The molecule has 0 spiro atoms. The van der Waals surface area contributed by atoms with Crippen molar-refractivity contribution in [1.82, 2.24) is 4.98 Å². The highest BCUT2D eigenvalue weighted by Gasteiger charge is 2.10. The first-order valence-corrected chi connectivity index (χ1v) is 6.41. The highest BCUT2D eigenvalue weighted by atomic mass is 35.5. The summed E-state index contributed by atoms with van der Waals surface area (Å²) >= 11 is 5.67. The Hall–Kier alpha value is -1.87. The third-order valence-corrected chi connectivity index (χ3v) is 3.09. The standard InChI is InChI=1S/C15H14ClNO2/c1-3-11-4-5-12(8-10(11)2)15(18)19-13-6-7-14(16)17-9-13/h4-9H,3H2,1-2H3. The third kappa shape index (κ3) is 3.32. The van der Waals surface area contributed by atoms with Gasteiger partial charge in [-0.2, -0.15) is 0 Å². The maximum absolute atomic E-state index is 12.0. The van der Waals surface area contributed by atoms with E-state index in [1.165, 1.54) is 11.8 Å². The lowest BCUT2D eigenvalue weighted by atomic mass is 10.0. The Morgan fingerprint density at radius 2 is 2.11 bits per heavy atom. The van der Waals surface area contributed by atoms with Crippen molar-refractivity contribution in [2.75, 3.05) is 0 Å². The van der Waals surface area contributed by atoms with Crippen molar-refractivity contribution in [1.29, 1.82) is 0 Å². The van der Waals surface area contributed by atoms with Crippen molar-refractivity contribution in [3.8, 4) is 5.75 Å². The summed E-state index contributed by atoms with van der Waals surface area (Å²) in [5, 5.41) is 0.364. The van der Waals surface area contributed by atoms with E-state index in [4.69, 9.17) is 16.3 Å². The number of ether oxygens (including phenoxy) is 1. The number of hydrogen-bond acceptors (Lipinski definition) is 3. The second-order valence-corrected chi connectivity index (χ2v) is 4.59. The van der Waals surface area contributed by atoms with Gasteiger partial charge in [0.05, 0.1) is 11.8 Å². The molecule has 0 aliphatic carbocycles. The van der Waals surface area contributed by atoms with E-state index in [2.05, 4.69) is 11.9 Å². The zero-order valence-electron chi connectivity index (χ0n) is 10.8. The summed E-state index contributed by atoms with van der Waals surface area (Å²) in [6.07, 6.45) is 2.37. The number of halogens is 1. The minimum absolute atomic E-state index is 0.364. The van der Waals surface area contributed by atoms with E-state index in [-0.39, 0.29) is 0 Å². The molecule has 1 aromatic heterocycles. The van der Waals surface area contributed by atoms with Crippen LogP contribution in [-0.2, 0) is 6.42 Å². The van der Waals surface area contributed by atoms with Crippen molar-refractivity contribution < 1.29 is 9.53 Å². The predicted octanol–water partition coefficient (Wildman–Crippen LogP) is 3.83. The van der Waals surface area contributed by atoms with Crippen LogP contribution in [0.4, 0.5) is 0 Å². The fourth-order valence-corrected chi connectivity index (χ4v) is 1.92. The Bertz CT molecular complexity index is 594. The van der Waals surface area contributed by atoms with Crippen LogP contribution in [0.25, 0.3) is 0 Å². The fraction of sp³-hybridized carbons (Fsp3) is 0.200. The van der Waals surface area contributed by atoms with E-state index in [1.54, 1.807) is 18.2 Å². The molecule has 0 aliphatic rings. The van der Waals surface area contributed by atoms with Gasteiger partial charge in [-0.1, -0.05) is 24.6 Å². The smallest absolute Gasteiger partial charge is 0.343 e. The number of benzene rings is 1. The number of carbonyl (C=O) groups excluding carboxylic acids is 1. The summed E-state index contributed by atoms with van der Waals surface area (Å²) in [4.78, 5) is 15.8. The molecule has 4 heteroatoms. The highest BCUT2D eigenvalue weighted by molar-refractivity contribution is 6.29. The second kappa shape index (κ2) is 5.85. The van der Waals surface area contributed by atoms with E-state index in [1.807, 2.05) is 19.1 Å². The van der Waals surface area contributed by atoms with Crippen LogP contribution in [0.3, 0.4) is 0 Å². The summed E-state index contributed by atoms with van der Waals surface area (Å²) in [5.74, 6) is -0.0125. The van der Waals surface area contributed by atoms with Crippen LogP contribution in [0.1, 0.15) is 28.4 Å². The third-order valence-electron chi connectivity index (χ3n) is 2.87. The number of carbonyl (C=O) groups is 1. The van der Waals surface area contributed by atoms with E-state index in [0.717, 1.165) is 12.0 Å². The van der Waals surface area contributed by atoms with Gasteiger partial charge in [0.2, 0.25) is 0 Å². The van der Waals surface area contributed by atoms with Gasteiger partial charge in [-0.25, -0.2) is 9.78 Å². The van der Waals surface area contributed by atoms with Gasteiger partial charge in [-0.05, 0) is 48.7 Å². The van der Waals surface area contributed by atoms with Gasteiger partial charge in [0.25, 0.3) is 0 Å². The zero-order chi connectivity index (χ0) is 13.8. The molecule has 0 unspecified atom stereocenters. The summed E-state index contributed by atoms with van der Waals surface area (Å²) in [6.45, 7) is 4.07. The maximum atomic E-state index is 12.0. The molecule has 2 rings (SSSR count). The molecule has 98 valence electrons. The molecule has 0 N–H and O–H groups in total. The van der Waals surface area contributed by atoms with E-state index < -0.39 is 5.97 Å². The van der Waals surface area contributed by atoms with Crippen molar-refractivity contribution in [3.05, 3.63) is 58.4 Å². The molecule has 0 amide bonds. The van der Waals surface area contributed by atoms with Crippen LogP contribution in [0, 0.1) is 6.92 Å². The van der Waals surface area contributed by atoms with Crippen molar-refractivity contribution >= 4 is 17.6 Å². The summed E-state index contributed by atoms with van der Waals surface area (Å²) < 4.78 is 5.22. The van der Waals surface area contributed by atoms with Gasteiger partial charge in [0.15, 0.2) is 0 Å². The molecule has 0 bridgehead atoms. The molecule has 0 atom stereocenters. The van der Waals surface area contributed by atoms with Gasteiger partial charge in [0, 0.05) is 0 Å². The van der Waals surface area contributed by atoms with Gasteiger partial charge in [-0.3, -0.25) is 0 Å². The number of nitrogens with zero attached hydrogens (tertiary/aromatic N) is 1. The van der Waals surface area contributed by atoms with Gasteiger partial charge >= 0.3 is 5.97 Å². The first kappa shape index (κ1) is 13.6. The van der Waals surface area contributed by atoms with E-state index >= 15 is 0 Å². The lowest BCUT2D eigenvalue weighted by Gasteiger charge is -2.07. The molecule has 0 aliphatic heterocycles. The number of esters is 1. The largest absolute Gasteiger partial charge is 0.421 e. The Morgan fingerprint density at radius 3 is 2.68 bits per heavy atom. The molecule has 0 saturated carbocycles. The maximum Gasteiger partial charge on any atom is 0.343 e. The van der Waals surface area contributed by atoms with Gasteiger partial charge in [0.1, 0.15) is 10.9 Å². The Morgan fingerprint density at radius 1 is 1.32 bits per heavy atom. The van der Waals surface area contributed by atoms with Gasteiger partial charge in [-0.15, -0.1) is 0 Å². The van der Waals surface area contributed by atoms with E-state index in [9.17, 15) is 4.79 Å². The molecule has 3 nitrogen and oxygen atoms in total. The number of aromatic nitrogens is 1. The average Bonchev–Trinajstić information content (AvgIpc) is 2.41. The van der Waals surface area contributed by atoms with Crippen LogP contribution < -0.4 is 4.74 Å². The quantitative estimate of drug-likeness (QED) is 0.631. The van der Waals surface area contributed by atoms with E-state index in [0.29, 0.717) is 16.5 Å². The molecule has 1 heterocycles. The lowest BCUT2D eigenvalue weighted by Crippen LogP contribution is -2.09. The Labute approximate surface area is 117 Å². The van der Waals surface area contributed by atoms with Crippen molar-refractivity contribution in [3.63, 3.8) is 0 Å². The summed E-state index contributed by atoms with van der Waals surface area (Å²) in [6, 6.07) is 8.75. The monoisotopic (exact) mass is 275 g/mol. The molecule has 0 radical (unpaired) electrons. The first-order chi connectivity index (χ1) is 9.10. The van der Waals surface area contributed by atoms with Crippen LogP contribution in [0.15, 0.2) is 36.5 Å². The fourth-order valence-electron chi connectivity index (χ4n) is 1.81. The molecule has 0 fully saturated rings. The number of aryl methyl sites for hydroxylation is 2. The van der Waals surface area contributed by atoms with Crippen molar-refractivity contribution in [2.45, 2.75) is 20.3 Å². The van der Waals surface area contributed by atoms with Crippen LogP contribution in [0.5, 0.6) is 5.75 Å². The molecule has 19 heavy (non-hydrogen) atoms. The SMILES string of the molecule is CCc1ccc(C(=O)Oc2ccc(Cl)nc2)cc1C. The van der Waals surface area contributed by atoms with Crippen LogP contribution in [-0.4, -0.2) is 11.0 Å². The zero-order valence-corrected chi connectivity index (χ0v) is 11.6. The topological polar surface area (TPSA) is 39.2 Å². The molecule has 1 aromatic carbocycles. The Kier molecular flexibility index (Phi) is 4.17. The van der Waals surface area contributed by atoms with Crippen molar-refractivity contribution in [2.24, 2.45) is 0 Å². The minimum atomic E-state index is -0.394.